The number of amides is 1. The lowest BCUT2D eigenvalue weighted by atomic mass is 9.82. The average Bonchev–Trinajstić information content (AvgIpc) is 2.35. The quantitative estimate of drug-likeness (QED) is 0.568. The van der Waals surface area contributed by atoms with Crippen molar-refractivity contribution < 1.29 is 14.7 Å². The first kappa shape index (κ1) is 13.3. The Kier molecular flexibility index (Phi) is 4.77. The molecular formula is C13H17NO3. The van der Waals surface area contributed by atoms with E-state index in [1.54, 1.807) is 6.08 Å². The van der Waals surface area contributed by atoms with E-state index in [1.807, 2.05) is 13.0 Å². The zero-order chi connectivity index (χ0) is 12.8. The van der Waals surface area contributed by atoms with Crippen LogP contribution in [0.5, 0.6) is 0 Å². The lowest BCUT2D eigenvalue weighted by Crippen LogP contribution is -2.42. The normalized spacial score (nSPS) is 24.7. The molecule has 92 valence electrons. The molecule has 2 N–H and O–H groups in total. The zero-order valence-electron chi connectivity index (χ0n) is 9.85. The van der Waals surface area contributed by atoms with Crippen LogP contribution >= 0.6 is 0 Å². The maximum absolute atomic E-state index is 11.9. The van der Waals surface area contributed by atoms with Gasteiger partial charge >= 0.3 is 5.97 Å². The van der Waals surface area contributed by atoms with Gasteiger partial charge in [0.15, 0.2) is 0 Å². The molecule has 0 spiro atoms. The minimum absolute atomic E-state index is 0.258. The number of aliphatic carboxylic acids is 1. The maximum atomic E-state index is 11.9. The van der Waals surface area contributed by atoms with Gasteiger partial charge in [-0.05, 0) is 19.3 Å². The molecule has 0 fully saturated rings. The molecule has 0 aromatic carbocycles. The number of hydrogen-bond acceptors (Lipinski definition) is 2. The van der Waals surface area contributed by atoms with E-state index in [4.69, 9.17) is 11.5 Å². The van der Waals surface area contributed by atoms with Gasteiger partial charge in [0.05, 0.1) is 17.9 Å². The molecule has 0 saturated heterocycles. The predicted octanol–water partition coefficient (Wildman–Crippen LogP) is 1.18. The summed E-state index contributed by atoms with van der Waals surface area (Å²) in [5, 5.41) is 11.8. The summed E-state index contributed by atoms with van der Waals surface area (Å²) in [6.07, 6.45) is 10.4. The second-order valence-corrected chi connectivity index (χ2v) is 4.13. The number of carbonyl (C=O) groups excluding carboxylic acids is 1. The van der Waals surface area contributed by atoms with E-state index in [1.165, 1.54) is 0 Å². The summed E-state index contributed by atoms with van der Waals surface area (Å²) in [6, 6.07) is -0.317. The number of hydrogen-bond donors (Lipinski definition) is 2. The van der Waals surface area contributed by atoms with E-state index in [2.05, 4.69) is 11.2 Å². The highest BCUT2D eigenvalue weighted by Crippen LogP contribution is 2.26. The molecule has 0 aromatic rings. The van der Waals surface area contributed by atoms with Crippen molar-refractivity contribution in [2.45, 2.75) is 32.2 Å². The number of rotatable bonds is 4. The Bertz CT molecular complexity index is 367. The molecule has 0 aliphatic heterocycles. The molecule has 17 heavy (non-hydrogen) atoms. The van der Waals surface area contributed by atoms with E-state index in [9.17, 15) is 9.59 Å². The van der Waals surface area contributed by atoms with Crippen molar-refractivity contribution in [3.63, 3.8) is 0 Å². The predicted molar refractivity (Wildman–Crippen MR) is 64.0 cm³/mol. The summed E-state index contributed by atoms with van der Waals surface area (Å²) in [7, 11) is 0. The number of allylic oxidation sites excluding steroid dienone is 2. The number of nitrogens with one attached hydrogen (secondary N) is 1. The highest BCUT2D eigenvalue weighted by molar-refractivity contribution is 5.85. The molecule has 0 radical (unpaired) electrons. The second kappa shape index (κ2) is 6.09. The molecular weight excluding hydrogens is 218 g/mol. The standard InChI is InChI=1S/C13H17NO3/c1-3-9(4-2)14-12(15)10-7-5-6-8-11(10)13(16)17/h1,5-6,9-11H,4,7-8H2,2H3,(H,14,15)(H,16,17). The Hall–Kier alpha value is -1.76. The van der Waals surface area contributed by atoms with Crippen LogP contribution in [0.1, 0.15) is 26.2 Å². The molecule has 0 bridgehead atoms. The number of terminal acetylenes is 1. The Balaban J connectivity index is 2.70. The fourth-order valence-electron chi connectivity index (χ4n) is 1.92. The number of carboxylic acid groups (broad SMARTS) is 1. The van der Waals surface area contributed by atoms with Gasteiger partial charge < -0.3 is 10.4 Å². The minimum atomic E-state index is -0.928. The number of carbonyl (C=O) groups is 2. The third kappa shape index (κ3) is 3.35. The first-order valence-electron chi connectivity index (χ1n) is 5.74. The van der Waals surface area contributed by atoms with Crippen LogP contribution < -0.4 is 5.32 Å². The lowest BCUT2D eigenvalue weighted by molar-refractivity contribution is -0.147. The van der Waals surface area contributed by atoms with Crippen molar-refractivity contribution in [3.05, 3.63) is 12.2 Å². The molecule has 1 rings (SSSR count). The van der Waals surface area contributed by atoms with Crippen LogP contribution in [0.4, 0.5) is 0 Å². The molecule has 4 heteroatoms. The summed E-state index contributed by atoms with van der Waals surface area (Å²) in [5.41, 5.74) is 0. The molecule has 1 aliphatic rings. The van der Waals surface area contributed by atoms with Gasteiger partial charge in [-0.2, -0.15) is 0 Å². The molecule has 1 aliphatic carbocycles. The van der Waals surface area contributed by atoms with E-state index < -0.39 is 17.8 Å². The third-order valence-electron chi connectivity index (χ3n) is 3.01. The van der Waals surface area contributed by atoms with Crippen molar-refractivity contribution in [1.82, 2.24) is 5.32 Å². The number of carboxylic acids is 1. The Morgan fingerprint density at radius 1 is 1.47 bits per heavy atom. The van der Waals surface area contributed by atoms with E-state index >= 15 is 0 Å². The van der Waals surface area contributed by atoms with Gasteiger partial charge in [-0.1, -0.05) is 25.0 Å². The monoisotopic (exact) mass is 235 g/mol. The van der Waals surface area contributed by atoms with Gasteiger partial charge in [-0.3, -0.25) is 9.59 Å². The summed E-state index contributed by atoms with van der Waals surface area (Å²) in [5.74, 6) is 0.126. The SMILES string of the molecule is C#CC(CC)NC(=O)C1CC=CCC1C(=O)O. The summed E-state index contributed by atoms with van der Waals surface area (Å²) < 4.78 is 0. The van der Waals surface area contributed by atoms with Crippen LogP contribution in [0.15, 0.2) is 12.2 Å². The van der Waals surface area contributed by atoms with Gasteiger partial charge in [0.2, 0.25) is 5.91 Å². The Morgan fingerprint density at radius 2 is 2.06 bits per heavy atom. The minimum Gasteiger partial charge on any atom is -0.481 e. The van der Waals surface area contributed by atoms with Gasteiger partial charge in [0.25, 0.3) is 0 Å². The topological polar surface area (TPSA) is 66.4 Å². The first-order valence-corrected chi connectivity index (χ1v) is 5.74. The van der Waals surface area contributed by atoms with Crippen molar-refractivity contribution in [2.24, 2.45) is 11.8 Å². The molecule has 1 amide bonds. The first-order chi connectivity index (χ1) is 8.10. The van der Waals surface area contributed by atoms with Crippen LogP contribution in [0, 0.1) is 24.2 Å². The highest BCUT2D eigenvalue weighted by atomic mass is 16.4. The van der Waals surface area contributed by atoms with Crippen molar-refractivity contribution in [2.75, 3.05) is 0 Å². The molecule has 0 saturated carbocycles. The molecule has 0 heterocycles. The van der Waals surface area contributed by atoms with E-state index in [0.29, 0.717) is 19.3 Å². The molecule has 0 aromatic heterocycles. The Labute approximate surface area is 101 Å². The van der Waals surface area contributed by atoms with Crippen LogP contribution in [-0.4, -0.2) is 23.0 Å². The van der Waals surface area contributed by atoms with Crippen LogP contribution in [0.2, 0.25) is 0 Å². The zero-order valence-corrected chi connectivity index (χ0v) is 9.85. The smallest absolute Gasteiger partial charge is 0.307 e. The van der Waals surface area contributed by atoms with Crippen LogP contribution in [0.3, 0.4) is 0 Å². The lowest BCUT2D eigenvalue weighted by Gasteiger charge is -2.25. The largest absolute Gasteiger partial charge is 0.481 e. The van der Waals surface area contributed by atoms with Crippen molar-refractivity contribution in [3.8, 4) is 12.3 Å². The van der Waals surface area contributed by atoms with Crippen molar-refractivity contribution in [1.29, 1.82) is 0 Å². The summed E-state index contributed by atoms with van der Waals surface area (Å²) in [6.45, 7) is 1.88. The van der Waals surface area contributed by atoms with Gasteiger partial charge in [-0.25, -0.2) is 0 Å². The average molecular weight is 235 g/mol. The fourth-order valence-corrected chi connectivity index (χ4v) is 1.92. The van der Waals surface area contributed by atoms with Gasteiger partial charge in [0.1, 0.15) is 0 Å². The van der Waals surface area contributed by atoms with E-state index in [-0.39, 0.29) is 11.9 Å². The third-order valence-corrected chi connectivity index (χ3v) is 3.01. The molecule has 3 unspecified atom stereocenters. The molecule has 4 nitrogen and oxygen atoms in total. The Morgan fingerprint density at radius 3 is 2.53 bits per heavy atom. The maximum Gasteiger partial charge on any atom is 0.307 e. The fraction of sp³-hybridized carbons (Fsp3) is 0.538. The summed E-state index contributed by atoms with van der Waals surface area (Å²) in [4.78, 5) is 23.0. The second-order valence-electron chi connectivity index (χ2n) is 4.13. The van der Waals surface area contributed by atoms with Crippen molar-refractivity contribution >= 4 is 11.9 Å². The highest BCUT2D eigenvalue weighted by Gasteiger charge is 2.34. The van der Waals surface area contributed by atoms with Gasteiger partial charge in [-0.15, -0.1) is 6.42 Å². The summed E-state index contributed by atoms with van der Waals surface area (Å²) >= 11 is 0. The van der Waals surface area contributed by atoms with Crippen LogP contribution in [-0.2, 0) is 9.59 Å². The molecule has 3 atom stereocenters. The van der Waals surface area contributed by atoms with Crippen LogP contribution in [0.25, 0.3) is 0 Å². The van der Waals surface area contributed by atoms with E-state index in [0.717, 1.165) is 0 Å². The van der Waals surface area contributed by atoms with Gasteiger partial charge in [0, 0.05) is 0 Å².